The summed E-state index contributed by atoms with van der Waals surface area (Å²) < 4.78 is 7.03. The molecule has 1 aromatic carbocycles. The summed E-state index contributed by atoms with van der Waals surface area (Å²) in [6, 6.07) is -0.267. The van der Waals surface area contributed by atoms with Crippen LogP contribution in [0.1, 0.15) is 84.1 Å². The van der Waals surface area contributed by atoms with Crippen molar-refractivity contribution in [2.75, 3.05) is 52.7 Å². The number of carbonyl (C=O) groups excluding carboxylic acids is 9. The lowest BCUT2D eigenvalue weighted by molar-refractivity contribution is -0.165. The zero-order valence-electron chi connectivity index (χ0n) is 41.8. The monoisotopic (exact) mass is 1030 g/mol. The van der Waals surface area contributed by atoms with Gasteiger partial charge >= 0.3 is 0 Å². The SMILES string of the molecule is C=O.CCC(C)C1NC(=O)CNC(=O)C2Cc3c(SC)[nH]c4cc(ccc34)OC(CCCCCCN)(C(=O)C(CC(N)=O)NC(=O)CNC(=O)CNC1=O)N1CCCC1NC([C@@H](C)C(O)CO)C(=O)N2.CO. The number of Topliss-reactive ketones (excluding diaryl/α,β-unsaturated/α-hetero) is 1. The third-order valence-electron chi connectivity index (χ3n) is 13.1. The van der Waals surface area contributed by atoms with Crippen LogP contribution in [0.3, 0.4) is 0 Å². The van der Waals surface area contributed by atoms with E-state index in [0.717, 1.165) is 13.5 Å². The lowest BCUT2D eigenvalue weighted by Gasteiger charge is -2.46. The number of ether oxygens (including phenoxy) is 1. The van der Waals surface area contributed by atoms with E-state index in [9.17, 15) is 43.8 Å². The molecule has 2 saturated heterocycles. The first-order valence-corrected chi connectivity index (χ1v) is 25.4. The van der Waals surface area contributed by atoms with Crippen LogP contribution in [0.25, 0.3) is 10.9 Å². The molecule has 7 amide bonds. The van der Waals surface area contributed by atoms with Crippen LogP contribution in [0.2, 0.25) is 0 Å². The number of aromatic amines is 1. The third kappa shape index (κ3) is 15.9. The first-order chi connectivity index (χ1) is 34.5. The van der Waals surface area contributed by atoms with Gasteiger partial charge in [0.25, 0.3) is 0 Å². The van der Waals surface area contributed by atoms with E-state index in [0.29, 0.717) is 66.6 Å². The van der Waals surface area contributed by atoms with Crippen molar-refractivity contribution >= 4 is 76.6 Å². The number of aliphatic hydroxyl groups excluding tert-OH is 3. The van der Waals surface area contributed by atoms with Crippen molar-refractivity contribution in [1.82, 2.24) is 47.1 Å². The minimum Gasteiger partial charge on any atom is -0.465 e. The summed E-state index contributed by atoms with van der Waals surface area (Å²) in [6.45, 7) is 5.15. The second-order valence-electron chi connectivity index (χ2n) is 17.9. The average Bonchev–Trinajstić information content (AvgIpc) is 4.00. The number of hydrogen-bond acceptors (Lipinski definition) is 17. The second-order valence-corrected chi connectivity index (χ2v) is 18.7. The average molecular weight is 1030 g/mol. The minimum absolute atomic E-state index is 0.0133. The fourth-order valence-electron chi connectivity index (χ4n) is 9.05. The summed E-state index contributed by atoms with van der Waals surface area (Å²) in [5, 5.41) is 48.5. The van der Waals surface area contributed by atoms with Crippen LogP contribution in [-0.4, -0.2) is 174 Å². The Hall–Kier alpha value is -5.70. The number of nitrogens with one attached hydrogen (secondary N) is 8. The molecule has 0 aliphatic carbocycles. The van der Waals surface area contributed by atoms with Gasteiger partial charge in [-0.15, -0.1) is 11.8 Å². The van der Waals surface area contributed by atoms with E-state index in [4.69, 9.17) is 26.1 Å². The maximum absolute atomic E-state index is 15.7. The molecule has 5 heterocycles. The maximum Gasteiger partial charge on any atom is 0.243 e. The van der Waals surface area contributed by atoms with E-state index in [1.807, 2.05) is 13.0 Å². The van der Waals surface area contributed by atoms with Gasteiger partial charge < -0.3 is 73.2 Å². The van der Waals surface area contributed by atoms with E-state index in [1.165, 1.54) is 11.8 Å². The van der Waals surface area contributed by atoms with Gasteiger partial charge in [-0.1, -0.05) is 40.0 Å². The maximum atomic E-state index is 15.7. The predicted molar refractivity (Wildman–Crippen MR) is 267 cm³/mol. The molecule has 1 aromatic heterocycles. The van der Waals surface area contributed by atoms with E-state index < -0.39 is 134 Å². The van der Waals surface area contributed by atoms with Gasteiger partial charge in [-0.05, 0) is 62.1 Å². The zero-order valence-corrected chi connectivity index (χ0v) is 42.6. The molecule has 24 nitrogen and oxygen atoms in total. The number of aliphatic hydroxyl groups is 3. The van der Waals surface area contributed by atoms with Gasteiger partial charge in [0, 0.05) is 43.9 Å². The highest BCUT2D eigenvalue weighted by Crippen LogP contribution is 2.39. The molecular formula is C47H75N11O13S. The Labute approximate surface area is 423 Å². The van der Waals surface area contributed by atoms with Gasteiger partial charge in [0.15, 0.2) is 0 Å². The van der Waals surface area contributed by atoms with Gasteiger partial charge in [-0.2, -0.15) is 0 Å². The van der Waals surface area contributed by atoms with Crippen LogP contribution in [0.5, 0.6) is 5.75 Å². The Kier molecular flexibility index (Phi) is 25.0. The van der Waals surface area contributed by atoms with E-state index in [1.54, 1.807) is 43.9 Å². The van der Waals surface area contributed by atoms with Crippen molar-refractivity contribution in [1.29, 1.82) is 0 Å². The van der Waals surface area contributed by atoms with Crippen molar-refractivity contribution in [3.8, 4) is 5.75 Å². The fourth-order valence-corrected chi connectivity index (χ4v) is 9.70. The Morgan fingerprint density at radius 3 is 2.21 bits per heavy atom. The Morgan fingerprint density at radius 1 is 0.903 bits per heavy atom. The molecule has 9 atom stereocenters. The number of carbonyl (C=O) groups is 9. The van der Waals surface area contributed by atoms with Crippen LogP contribution < -0.4 is 53.4 Å². The molecule has 25 heteroatoms. The Balaban J connectivity index is 0.00000334. The second kappa shape index (κ2) is 29.7. The van der Waals surface area contributed by atoms with Crippen molar-refractivity contribution in [2.45, 2.75) is 132 Å². The van der Waals surface area contributed by atoms with Gasteiger partial charge in [0.2, 0.25) is 52.9 Å². The van der Waals surface area contributed by atoms with E-state index in [2.05, 4.69) is 42.2 Å². The molecule has 2 fully saturated rings. The summed E-state index contributed by atoms with van der Waals surface area (Å²) in [7, 11) is 1.00. The summed E-state index contributed by atoms with van der Waals surface area (Å²) in [5.74, 6) is -7.43. The van der Waals surface area contributed by atoms with E-state index in [-0.39, 0.29) is 25.1 Å². The molecule has 4 aliphatic rings. The number of unbranched alkanes of at least 4 members (excludes halogenated alkanes) is 3. The molecule has 2 aromatic rings. The van der Waals surface area contributed by atoms with Gasteiger partial charge in [0.1, 0.15) is 30.7 Å². The number of amides is 7. The Bertz CT molecular complexity index is 2180. The van der Waals surface area contributed by atoms with Crippen molar-refractivity contribution in [3.05, 3.63) is 23.8 Å². The summed E-state index contributed by atoms with van der Waals surface area (Å²) in [6.07, 6.45) is 2.47. The number of nitrogens with zero attached hydrogens (tertiary/aromatic N) is 1. The number of thioether (sulfide) groups is 1. The lowest BCUT2D eigenvalue weighted by atomic mass is 9.90. The van der Waals surface area contributed by atoms with Gasteiger partial charge in [-0.25, -0.2) is 4.90 Å². The largest absolute Gasteiger partial charge is 0.465 e. The van der Waals surface area contributed by atoms with Crippen LogP contribution >= 0.6 is 11.8 Å². The molecule has 15 N–H and O–H groups in total. The molecular weight excluding hydrogens is 959 g/mol. The smallest absolute Gasteiger partial charge is 0.243 e. The first-order valence-electron chi connectivity index (χ1n) is 24.1. The number of aromatic nitrogens is 1. The van der Waals surface area contributed by atoms with Gasteiger partial charge in [0.05, 0.1) is 61.5 Å². The molecule has 8 unspecified atom stereocenters. The number of ketones is 1. The van der Waals surface area contributed by atoms with Crippen LogP contribution in [0, 0.1) is 11.8 Å². The number of nitrogens with two attached hydrogens (primary N) is 2. The molecule has 0 spiro atoms. The summed E-state index contributed by atoms with van der Waals surface area (Å²) >= 11 is 1.34. The van der Waals surface area contributed by atoms with E-state index >= 15 is 4.79 Å². The molecule has 402 valence electrons. The molecule has 4 aliphatic heterocycles. The number of H-pyrrole nitrogens is 1. The molecule has 0 saturated carbocycles. The van der Waals surface area contributed by atoms with Crippen LogP contribution in [-0.2, 0) is 49.6 Å². The van der Waals surface area contributed by atoms with Crippen LogP contribution in [0.15, 0.2) is 23.2 Å². The van der Waals surface area contributed by atoms with Crippen molar-refractivity contribution < 1.29 is 63.2 Å². The first kappa shape index (κ1) is 60.6. The molecule has 0 radical (unpaired) electrons. The third-order valence-corrected chi connectivity index (χ3v) is 13.8. The quantitative estimate of drug-likeness (QED) is 0.0689. The van der Waals surface area contributed by atoms with Gasteiger partial charge in [-0.3, -0.25) is 43.7 Å². The normalized spacial score (nSPS) is 25.2. The molecule has 6 rings (SSSR count). The lowest BCUT2D eigenvalue weighted by Crippen LogP contribution is -2.69. The number of primary amides is 1. The highest BCUT2D eigenvalue weighted by Gasteiger charge is 2.54. The van der Waals surface area contributed by atoms with Crippen LogP contribution in [0.4, 0.5) is 0 Å². The highest BCUT2D eigenvalue weighted by molar-refractivity contribution is 7.98. The molecule has 72 heavy (non-hydrogen) atoms. The number of benzene rings is 1. The Morgan fingerprint density at radius 2 is 1.56 bits per heavy atom. The molecule has 6 bridgehead atoms. The fraction of sp³-hybridized carbons (Fsp3) is 0.638. The zero-order chi connectivity index (χ0) is 53.7. The summed E-state index contributed by atoms with van der Waals surface area (Å²) in [4.78, 5) is 124. The number of rotatable bonds is 14. The number of hydrogen-bond donors (Lipinski definition) is 13. The van der Waals surface area contributed by atoms with Crippen molar-refractivity contribution in [3.63, 3.8) is 0 Å². The predicted octanol–water partition coefficient (Wildman–Crippen LogP) is -2.47. The van der Waals surface area contributed by atoms with Crippen molar-refractivity contribution in [2.24, 2.45) is 23.3 Å². The standard InChI is InChI=1S/C45H69N11O11S.CH4O.CH2O/c1-5-24(2)38-42(65)50-20-35(60)48-21-36(61)51-30(19-33(47)59)40(63)45(14-8-6-7-9-15-46)56-16-10-11-34(56)54-39(25(3)32(58)23-57)43(66)52-31(41(64)49-22-37(62)55-38)18-28-27-13-12-26(67-45)17-29(27)53-44(28)68-4;2*1-2/h12-13,17,24-25,30-32,34,38-39,53-54,57-58H,5-11,14-16,18-23,46H2,1-4H3,(H2,47,59)(H,48,60)(H,49,64)(H,50,65)(H,51,61)(H,52,66)(H,55,62);2H,1H3;1H2/t24?,25-,30?,31?,32?,34?,38?,39?,45?;;/m0../s1. The topological polar surface area (TPSA) is 379 Å². The minimum atomic E-state index is -1.98. The summed E-state index contributed by atoms with van der Waals surface area (Å²) in [5.41, 5.74) is 10.8. The number of fused-ring (bicyclic) bond motifs is 1. The highest BCUT2D eigenvalue weighted by atomic mass is 32.2.